The first-order valence-electron chi connectivity index (χ1n) is 4.73. The Morgan fingerprint density at radius 2 is 2.00 bits per heavy atom. The van der Waals surface area contributed by atoms with Gasteiger partial charge in [0.15, 0.2) is 0 Å². The van der Waals surface area contributed by atoms with Crippen molar-refractivity contribution in [2.45, 2.75) is 45.3 Å². The molecule has 1 aliphatic heterocycles. The zero-order valence-corrected chi connectivity index (χ0v) is 7.55. The highest BCUT2D eigenvalue weighted by molar-refractivity contribution is 5.21. The highest BCUT2D eigenvalue weighted by Gasteiger charge is 2.74. The maximum Gasteiger partial charge on any atom is 0.0923 e. The van der Waals surface area contributed by atoms with Gasteiger partial charge in [-0.15, -0.1) is 0 Å². The Balaban J connectivity index is 1.90. The van der Waals surface area contributed by atoms with E-state index in [1.807, 2.05) is 0 Å². The van der Waals surface area contributed by atoms with E-state index in [0.29, 0.717) is 17.1 Å². The van der Waals surface area contributed by atoms with E-state index < -0.39 is 0 Å². The van der Waals surface area contributed by atoms with Crippen LogP contribution in [0.3, 0.4) is 0 Å². The first kappa shape index (κ1) is 6.47. The summed E-state index contributed by atoms with van der Waals surface area (Å²) >= 11 is 0. The molecule has 4 atom stereocenters. The highest BCUT2D eigenvalue weighted by Crippen LogP contribution is 2.72. The van der Waals surface area contributed by atoms with Crippen LogP contribution in [0.1, 0.15) is 33.6 Å². The van der Waals surface area contributed by atoms with Crippen molar-refractivity contribution in [1.82, 2.24) is 0 Å². The SMILES string of the molecule is CC1(C)C2CC[C@@]3(C)O[C@H]3C21. The van der Waals surface area contributed by atoms with E-state index in [1.165, 1.54) is 12.8 Å². The largest absolute Gasteiger partial charge is 0.366 e. The fourth-order valence-electron chi connectivity index (χ4n) is 3.29. The second kappa shape index (κ2) is 1.39. The van der Waals surface area contributed by atoms with Gasteiger partial charge in [-0.3, -0.25) is 0 Å². The number of fused-ring (bicyclic) bond motifs is 3. The Labute approximate surface area is 68.1 Å². The molecule has 0 N–H and O–H groups in total. The van der Waals surface area contributed by atoms with Gasteiger partial charge in [0, 0.05) is 0 Å². The predicted octanol–water partition coefficient (Wildman–Crippen LogP) is 2.21. The Kier molecular flexibility index (Phi) is 0.820. The fourth-order valence-corrected chi connectivity index (χ4v) is 3.29. The van der Waals surface area contributed by atoms with Gasteiger partial charge in [0.05, 0.1) is 11.7 Å². The molecule has 0 aromatic heterocycles. The van der Waals surface area contributed by atoms with Crippen LogP contribution >= 0.6 is 0 Å². The van der Waals surface area contributed by atoms with Crippen LogP contribution in [0, 0.1) is 17.3 Å². The number of epoxide rings is 1. The number of hydrogen-bond donors (Lipinski definition) is 0. The molecule has 0 aromatic rings. The summed E-state index contributed by atoms with van der Waals surface area (Å²) in [6.07, 6.45) is 3.35. The lowest BCUT2D eigenvalue weighted by atomic mass is 9.91. The summed E-state index contributed by atoms with van der Waals surface area (Å²) in [5.41, 5.74) is 0.924. The third-order valence-corrected chi connectivity index (χ3v) is 4.36. The van der Waals surface area contributed by atoms with E-state index in [0.717, 1.165) is 11.8 Å². The Morgan fingerprint density at radius 1 is 1.27 bits per heavy atom. The standard InChI is InChI=1S/C10H16O/c1-9(2)6-4-5-10(3)8(11-10)7(6)9/h6-8H,4-5H2,1-3H3/t6?,7?,8-,10+/m0/s1. The Hall–Kier alpha value is -0.0400. The highest BCUT2D eigenvalue weighted by atomic mass is 16.6. The van der Waals surface area contributed by atoms with Gasteiger partial charge in [0.25, 0.3) is 0 Å². The number of ether oxygens (including phenoxy) is 1. The van der Waals surface area contributed by atoms with Gasteiger partial charge in [-0.2, -0.15) is 0 Å². The third-order valence-electron chi connectivity index (χ3n) is 4.36. The Bertz CT molecular complexity index is 221. The zero-order valence-electron chi connectivity index (χ0n) is 7.55. The van der Waals surface area contributed by atoms with Gasteiger partial charge in [-0.25, -0.2) is 0 Å². The summed E-state index contributed by atoms with van der Waals surface area (Å²) in [4.78, 5) is 0. The summed E-state index contributed by atoms with van der Waals surface area (Å²) in [5.74, 6) is 1.89. The molecule has 0 spiro atoms. The molecule has 0 bridgehead atoms. The lowest BCUT2D eigenvalue weighted by molar-refractivity contribution is 0.286. The molecule has 0 aromatic carbocycles. The average Bonchev–Trinajstić information content (AvgIpc) is 2.69. The lowest BCUT2D eigenvalue weighted by Crippen LogP contribution is -2.16. The van der Waals surface area contributed by atoms with Crippen LogP contribution in [-0.4, -0.2) is 11.7 Å². The molecule has 0 amide bonds. The van der Waals surface area contributed by atoms with E-state index in [2.05, 4.69) is 20.8 Å². The van der Waals surface area contributed by atoms with Crippen molar-refractivity contribution >= 4 is 0 Å². The maximum atomic E-state index is 5.75. The van der Waals surface area contributed by atoms with Crippen molar-refractivity contribution < 1.29 is 4.74 Å². The summed E-state index contributed by atoms with van der Waals surface area (Å²) in [7, 11) is 0. The van der Waals surface area contributed by atoms with Crippen LogP contribution in [-0.2, 0) is 4.74 Å². The smallest absolute Gasteiger partial charge is 0.0923 e. The zero-order chi connectivity index (χ0) is 7.85. The molecule has 2 aliphatic carbocycles. The normalized spacial score (nSPS) is 63.0. The third kappa shape index (κ3) is 0.581. The minimum absolute atomic E-state index is 0.314. The van der Waals surface area contributed by atoms with Crippen LogP contribution in [0.2, 0.25) is 0 Å². The van der Waals surface area contributed by atoms with Crippen LogP contribution in [0.5, 0.6) is 0 Å². The molecule has 1 nitrogen and oxygen atoms in total. The van der Waals surface area contributed by atoms with Crippen molar-refractivity contribution in [3.8, 4) is 0 Å². The van der Waals surface area contributed by atoms with E-state index in [4.69, 9.17) is 4.74 Å². The second-order valence-electron chi connectivity index (χ2n) is 5.34. The van der Waals surface area contributed by atoms with Crippen molar-refractivity contribution in [1.29, 1.82) is 0 Å². The van der Waals surface area contributed by atoms with Crippen LogP contribution in [0.25, 0.3) is 0 Å². The minimum Gasteiger partial charge on any atom is -0.366 e. The molecule has 2 saturated carbocycles. The Morgan fingerprint density at radius 3 is 2.64 bits per heavy atom. The van der Waals surface area contributed by atoms with Crippen molar-refractivity contribution in [3.63, 3.8) is 0 Å². The molecule has 1 saturated heterocycles. The average molecular weight is 152 g/mol. The summed E-state index contributed by atoms with van der Waals surface area (Å²) in [6, 6.07) is 0. The van der Waals surface area contributed by atoms with Crippen LogP contribution < -0.4 is 0 Å². The first-order valence-corrected chi connectivity index (χ1v) is 4.73. The van der Waals surface area contributed by atoms with Gasteiger partial charge >= 0.3 is 0 Å². The van der Waals surface area contributed by atoms with Gasteiger partial charge in [-0.1, -0.05) is 13.8 Å². The quantitative estimate of drug-likeness (QED) is 0.485. The topological polar surface area (TPSA) is 12.5 Å². The molecule has 11 heavy (non-hydrogen) atoms. The number of hydrogen-bond acceptors (Lipinski definition) is 1. The fraction of sp³-hybridized carbons (Fsp3) is 1.00. The van der Waals surface area contributed by atoms with Gasteiger partial charge in [0.1, 0.15) is 0 Å². The lowest BCUT2D eigenvalue weighted by Gasteiger charge is -2.09. The van der Waals surface area contributed by atoms with Gasteiger partial charge in [-0.05, 0) is 37.0 Å². The summed E-state index contributed by atoms with van der Waals surface area (Å²) < 4.78 is 5.75. The van der Waals surface area contributed by atoms with Crippen molar-refractivity contribution in [3.05, 3.63) is 0 Å². The van der Waals surface area contributed by atoms with E-state index in [9.17, 15) is 0 Å². The maximum absolute atomic E-state index is 5.75. The van der Waals surface area contributed by atoms with E-state index in [1.54, 1.807) is 0 Å². The molecule has 3 aliphatic rings. The summed E-state index contributed by atoms with van der Waals surface area (Å²) in [6.45, 7) is 7.08. The second-order valence-corrected chi connectivity index (χ2v) is 5.34. The number of rotatable bonds is 0. The van der Waals surface area contributed by atoms with Crippen molar-refractivity contribution in [2.24, 2.45) is 17.3 Å². The molecule has 3 fully saturated rings. The molecule has 1 heterocycles. The van der Waals surface area contributed by atoms with Crippen LogP contribution in [0.4, 0.5) is 0 Å². The molecular formula is C10H16O. The monoisotopic (exact) mass is 152 g/mol. The first-order chi connectivity index (χ1) is 5.06. The molecule has 62 valence electrons. The van der Waals surface area contributed by atoms with Crippen molar-refractivity contribution in [2.75, 3.05) is 0 Å². The van der Waals surface area contributed by atoms with E-state index >= 15 is 0 Å². The minimum atomic E-state index is 0.314. The van der Waals surface area contributed by atoms with Crippen LogP contribution in [0.15, 0.2) is 0 Å². The molecular weight excluding hydrogens is 136 g/mol. The summed E-state index contributed by atoms with van der Waals surface area (Å²) in [5, 5.41) is 0. The van der Waals surface area contributed by atoms with Gasteiger partial charge in [0.2, 0.25) is 0 Å². The van der Waals surface area contributed by atoms with Gasteiger partial charge < -0.3 is 4.74 Å². The molecule has 3 rings (SSSR count). The molecule has 2 unspecified atom stereocenters. The van der Waals surface area contributed by atoms with E-state index in [-0.39, 0.29) is 0 Å². The molecule has 0 radical (unpaired) electrons. The molecule has 1 heteroatoms. The predicted molar refractivity (Wildman–Crippen MR) is 43.3 cm³/mol.